The maximum Gasteiger partial charge on any atom is 0.0205 e. The van der Waals surface area contributed by atoms with Crippen LogP contribution < -0.4 is 10.6 Å². The molecule has 0 aromatic heterocycles. The van der Waals surface area contributed by atoms with Gasteiger partial charge in [0.2, 0.25) is 0 Å². The fourth-order valence-electron chi connectivity index (χ4n) is 5.25. The molecule has 5 rings (SSSR count). The average Bonchev–Trinajstić information content (AvgIpc) is 2.93. The second kappa shape index (κ2) is 14.5. The number of hydrogen-bond acceptors (Lipinski definition) is 4. The number of rotatable bonds is 12. The summed E-state index contributed by atoms with van der Waals surface area (Å²) in [5, 5.41) is 12.6. The molecule has 0 unspecified atom stereocenters. The summed E-state index contributed by atoms with van der Waals surface area (Å²) in [4.78, 5) is 5.26. The second-order valence-corrected chi connectivity index (χ2v) is 10.1. The first-order chi connectivity index (χ1) is 17.8. The van der Waals surface area contributed by atoms with Crippen LogP contribution in [0.3, 0.4) is 0 Å². The standard InChI is InChI=1S/C32H40N4.ClH/c1-3-9-31-23-27(11-13-29(31)7-1)25-33-15-5-17-35-19-21-36(22-20-35)18-6-16-34-26-28-12-14-30-8-2-4-10-32(30)24-28;/h1-4,7-14,23-24,33-34H,5-6,15-22,25-26H2;1H. The molecular formula is C32H41ClN4. The number of nitrogens with one attached hydrogen (secondary N) is 2. The lowest BCUT2D eigenvalue weighted by atomic mass is 10.1. The molecule has 0 radical (unpaired) electrons. The van der Waals surface area contributed by atoms with Gasteiger partial charge in [-0.05, 0) is 83.8 Å². The van der Waals surface area contributed by atoms with Gasteiger partial charge in [-0.1, -0.05) is 72.8 Å². The summed E-state index contributed by atoms with van der Waals surface area (Å²) in [6.45, 7) is 11.3. The third-order valence-corrected chi connectivity index (χ3v) is 7.41. The Bertz CT molecular complexity index is 1140. The zero-order valence-corrected chi connectivity index (χ0v) is 22.7. The highest BCUT2D eigenvalue weighted by Gasteiger charge is 2.15. The summed E-state index contributed by atoms with van der Waals surface area (Å²) in [6, 6.07) is 30.7. The molecule has 1 fully saturated rings. The number of hydrogen-bond donors (Lipinski definition) is 2. The number of nitrogens with zero attached hydrogens (tertiary/aromatic N) is 2. The first-order valence-electron chi connectivity index (χ1n) is 13.6. The number of piperazine rings is 1. The monoisotopic (exact) mass is 516 g/mol. The number of benzene rings is 4. The van der Waals surface area contributed by atoms with Gasteiger partial charge in [-0.2, -0.15) is 0 Å². The van der Waals surface area contributed by atoms with E-state index >= 15 is 0 Å². The molecule has 0 bridgehead atoms. The molecule has 0 spiro atoms. The van der Waals surface area contributed by atoms with Crippen molar-refractivity contribution in [2.45, 2.75) is 25.9 Å². The van der Waals surface area contributed by atoms with Crippen LogP contribution in [0.5, 0.6) is 0 Å². The van der Waals surface area contributed by atoms with Crippen molar-refractivity contribution in [3.05, 3.63) is 96.1 Å². The summed E-state index contributed by atoms with van der Waals surface area (Å²) < 4.78 is 0. The molecule has 196 valence electrons. The van der Waals surface area contributed by atoms with Crippen LogP contribution in [0.1, 0.15) is 24.0 Å². The largest absolute Gasteiger partial charge is 0.313 e. The minimum atomic E-state index is 0. The van der Waals surface area contributed by atoms with E-state index in [1.807, 2.05) is 0 Å². The van der Waals surface area contributed by atoms with Gasteiger partial charge in [0.1, 0.15) is 0 Å². The highest BCUT2D eigenvalue weighted by molar-refractivity contribution is 5.85. The summed E-state index contributed by atoms with van der Waals surface area (Å²) in [5.41, 5.74) is 2.74. The molecular weight excluding hydrogens is 476 g/mol. The van der Waals surface area contributed by atoms with E-state index in [9.17, 15) is 0 Å². The van der Waals surface area contributed by atoms with Crippen molar-refractivity contribution >= 4 is 34.0 Å². The van der Waals surface area contributed by atoms with Crippen LogP contribution in [0.25, 0.3) is 21.5 Å². The number of fused-ring (bicyclic) bond motifs is 2. The van der Waals surface area contributed by atoms with Gasteiger partial charge in [0, 0.05) is 39.3 Å². The van der Waals surface area contributed by atoms with E-state index in [2.05, 4.69) is 105 Å². The summed E-state index contributed by atoms with van der Waals surface area (Å²) in [7, 11) is 0. The van der Waals surface area contributed by atoms with Crippen LogP contribution in [0, 0.1) is 0 Å². The normalized spacial score (nSPS) is 14.7. The minimum Gasteiger partial charge on any atom is -0.313 e. The molecule has 0 amide bonds. The van der Waals surface area contributed by atoms with E-state index in [-0.39, 0.29) is 12.4 Å². The molecule has 0 aliphatic carbocycles. The molecule has 4 nitrogen and oxygen atoms in total. The Kier molecular flexibility index (Phi) is 10.8. The fourth-order valence-corrected chi connectivity index (χ4v) is 5.25. The van der Waals surface area contributed by atoms with Crippen LogP contribution in [-0.2, 0) is 13.1 Å². The topological polar surface area (TPSA) is 30.5 Å². The zero-order valence-electron chi connectivity index (χ0n) is 21.9. The molecule has 1 aliphatic rings. The van der Waals surface area contributed by atoms with Crippen molar-refractivity contribution in [1.29, 1.82) is 0 Å². The van der Waals surface area contributed by atoms with E-state index in [0.717, 1.165) is 26.2 Å². The predicted octanol–water partition coefficient (Wildman–Crippen LogP) is 5.69. The Morgan fingerprint density at radius 3 is 1.35 bits per heavy atom. The predicted molar refractivity (Wildman–Crippen MR) is 161 cm³/mol. The first-order valence-corrected chi connectivity index (χ1v) is 13.6. The molecule has 5 heteroatoms. The lowest BCUT2D eigenvalue weighted by Crippen LogP contribution is -2.47. The molecule has 1 heterocycles. The van der Waals surface area contributed by atoms with Crippen molar-refractivity contribution in [3.63, 3.8) is 0 Å². The van der Waals surface area contributed by atoms with Crippen LogP contribution in [0.2, 0.25) is 0 Å². The Morgan fingerprint density at radius 2 is 0.919 bits per heavy atom. The van der Waals surface area contributed by atoms with E-state index in [4.69, 9.17) is 0 Å². The third-order valence-electron chi connectivity index (χ3n) is 7.41. The Morgan fingerprint density at radius 1 is 0.514 bits per heavy atom. The maximum atomic E-state index is 3.63. The molecule has 1 aliphatic heterocycles. The van der Waals surface area contributed by atoms with E-state index in [0.29, 0.717) is 0 Å². The Labute approximate surface area is 228 Å². The highest BCUT2D eigenvalue weighted by atomic mass is 35.5. The van der Waals surface area contributed by atoms with E-state index in [1.54, 1.807) is 0 Å². The minimum absolute atomic E-state index is 0. The molecule has 4 aromatic rings. The van der Waals surface area contributed by atoms with Crippen molar-refractivity contribution in [1.82, 2.24) is 20.4 Å². The molecule has 1 saturated heterocycles. The van der Waals surface area contributed by atoms with Gasteiger partial charge in [0.05, 0.1) is 0 Å². The van der Waals surface area contributed by atoms with Crippen LogP contribution in [-0.4, -0.2) is 62.2 Å². The van der Waals surface area contributed by atoms with Gasteiger partial charge in [0.15, 0.2) is 0 Å². The van der Waals surface area contributed by atoms with E-state index < -0.39 is 0 Å². The van der Waals surface area contributed by atoms with Gasteiger partial charge in [-0.25, -0.2) is 0 Å². The molecule has 0 atom stereocenters. The zero-order chi connectivity index (χ0) is 24.4. The van der Waals surface area contributed by atoms with Crippen molar-refractivity contribution in [3.8, 4) is 0 Å². The summed E-state index contributed by atoms with van der Waals surface area (Å²) >= 11 is 0. The maximum absolute atomic E-state index is 3.63. The highest BCUT2D eigenvalue weighted by Crippen LogP contribution is 2.16. The van der Waals surface area contributed by atoms with Gasteiger partial charge in [0.25, 0.3) is 0 Å². The fraction of sp³-hybridized carbons (Fsp3) is 0.375. The lowest BCUT2D eigenvalue weighted by Gasteiger charge is -2.34. The SMILES string of the molecule is Cl.c1ccc2cc(CNCCCN3CCN(CCCNCc4ccc5ccccc5c4)CC3)ccc2c1. The quantitative estimate of drug-likeness (QED) is 0.237. The Hall–Kier alpha value is -2.47. The molecule has 0 saturated carbocycles. The van der Waals surface area contributed by atoms with Crippen molar-refractivity contribution in [2.75, 3.05) is 52.4 Å². The molecule has 37 heavy (non-hydrogen) atoms. The van der Waals surface area contributed by atoms with Crippen molar-refractivity contribution < 1.29 is 0 Å². The first kappa shape index (κ1) is 27.6. The average molecular weight is 517 g/mol. The van der Waals surface area contributed by atoms with Crippen LogP contribution >= 0.6 is 12.4 Å². The van der Waals surface area contributed by atoms with Crippen LogP contribution in [0.4, 0.5) is 0 Å². The molecule has 4 aromatic carbocycles. The van der Waals surface area contributed by atoms with Gasteiger partial charge in [-0.15, -0.1) is 12.4 Å². The molecule has 2 N–H and O–H groups in total. The van der Waals surface area contributed by atoms with Gasteiger partial charge < -0.3 is 20.4 Å². The van der Waals surface area contributed by atoms with Crippen LogP contribution in [0.15, 0.2) is 84.9 Å². The number of halogens is 1. The van der Waals surface area contributed by atoms with Gasteiger partial charge in [-0.3, -0.25) is 0 Å². The van der Waals surface area contributed by atoms with E-state index in [1.165, 1.54) is 84.8 Å². The van der Waals surface area contributed by atoms with Crippen molar-refractivity contribution in [2.24, 2.45) is 0 Å². The summed E-state index contributed by atoms with van der Waals surface area (Å²) in [6.07, 6.45) is 2.43. The smallest absolute Gasteiger partial charge is 0.0205 e. The van der Waals surface area contributed by atoms with Gasteiger partial charge >= 0.3 is 0 Å². The lowest BCUT2D eigenvalue weighted by molar-refractivity contribution is 0.130. The Balaban J connectivity index is 0.00000320. The second-order valence-electron chi connectivity index (χ2n) is 10.1. The summed E-state index contributed by atoms with van der Waals surface area (Å²) in [5.74, 6) is 0. The third kappa shape index (κ3) is 8.26.